The molecule has 1 atom stereocenters. The van der Waals surface area contributed by atoms with E-state index >= 15 is 0 Å². The number of rotatable bonds is 13. The van der Waals surface area contributed by atoms with Crippen LogP contribution in [0.1, 0.15) is 32.3 Å². The maximum atomic E-state index is 13.8. The van der Waals surface area contributed by atoms with E-state index in [9.17, 15) is 18.0 Å². The molecule has 0 heterocycles. The second-order valence-electron chi connectivity index (χ2n) is 8.29. The van der Waals surface area contributed by atoms with Crippen molar-refractivity contribution in [2.24, 2.45) is 0 Å². The zero-order valence-electron chi connectivity index (χ0n) is 21.6. The lowest BCUT2D eigenvalue weighted by Crippen LogP contribution is -2.52. The molecule has 0 spiro atoms. The Kier molecular flexibility index (Phi) is 11.3. The molecule has 2 aromatic rings. The van der Waals surface area contributed by atoms with Crippen LogP contribution in [0.3, 0.4) is 0 Å². The summed E-state index contributed by atoms with van der Waals surface area (Å²) in [6, 6.07) is 8.71. The number of nitrogens with one attached hydrogen (secondary N) is 1. The molecule has 37 heavy (non-hydrogen) atoms. The van der Waals surface area contributed by atoms with E-state index in [2.05, 4.69) is 5.32 Å². The summed E-state index contributed by atoms with van der Waals surface area (Å²) in [7, 11) is -1.10. The lowest BCUT2D eigenvalue weighted by Gasteiger charge is -2.33. The van der Waals surface area contributed by atoms with Crippen LogP contribution in [-0.2, 0) is 26.2 Å². The van der Waals surface area contributed by atoms with Crippen molar-refractivity contribution in [2.75, 3.05) is 37.9 Å². The topological polar surface area (TPSA) is 105 Å². The van der Waals surface area contributed by atoms with Crippen molar-refractivity contribution >= 4 is 50.7 Å². The minimum Gasteiger partial charge on any atom is -0.497 e. The minimum absolute atomic E-state index is 0.0145. The van der Waals surface area contributed by atoms with Crippen molar-refractivity contribution < 1.29 is 27.5 Å². The van der Waals surface area contributed by atoms with Gasteiger partial charge in [0.1, 0.15) is 24.1 Å². The molecule has 12 heteroatoms. The fourth-order valence-electron chi connectivity index (χ4n) is 3.71. The quantitative estimate of drug-likeness (QED) is 0.386. The maximum Gasteiger partial charge on any atom is 0.244 e. The van der Waals surface area contributed by atoms with Crippen molar-refractivity contribution in [3.63, 3.8) is 0 Å². The van der Waals surface area contributed by atoms with Gasteiger partial charge in [-0.3, -0.25) is 13.9 Å². The van der Waals surface area contributed by atoms with Gasteiger partial charge < -0.3 is 19.7 Å². The molecular weight excluding hydrogens is 541 g/mol. The van der Waals surface area contributed by atoms with Crippen LogP contribution in [0.5, 0.6) is 11.5 Å². The molecule has 0 aliphatic rings. The van der Waals surface area contributed by atoms with Crippen molar-refractivity contribution in [2.45, 2.75) is 39.3 Å². The standard InChI is InChI=1S/C25H33Cl2N3O6S/c1-6-12-28-25(32)21(7-2)29(15-17-8-10-19(26)20(27)13-17)24(31)16-30(37(5,33)34)22-14-18(35-3)9-11-23(22)36-4/h8-11,13-14,21H,6-7,12,15-16H2,1-5H3,(H,28,32)/t21-/m0/s1. The summed E-state index contributed by atoms with van der Waals surface area (Å²) in [5.41, 5.74) is 0.769. The minimum atomic E-state index is -3.94. The number of nitrogens with zero attached hydrogens (tertiary/aromatic N) is 2. The van der Waals surface area contributed by atoms with Crippen molar-refractivity contribution in [3.8, 4) is 11.5 Å². The first-order valence-electron chi connectivity index (χ1n) is 11.7. The molecular formula is C25H33Cl2N3O6S. The van der Waals surface area contributed by atoms with Gasteiger partial charge >= 0.3 is 0 Å². The number of benzene rings is 2. The van der Waals surface area contributed by atoms with Crippen LogP contribution in [0.2, 0.25) is 10.0 Å². The van der Waals surface area contributed by atoms with E-state index in [0.717, 1.165) is 17.0 Å². The van der Waals surface area contributed by atoms with Gasteiger partial charge in [0.25, 0.3) is 0 Å². The summed E-state index contributed by atoms with van der Waals surface area (Å²) >= 11 is 12.2. The highest BCUT2D eigenvalue weighted by molar-refractivity contribution is 7.92. The molecule has 2 amide bonds. The van der Waals surface area contributed by atoms with Gasteiger partial charge in [-0.1, -0.05) is 43.1 Å². The van der Waals surface area contributed by atoms with Crippen LogP contribution in [-0.4, -0.2) is 64.7 Å². The smallest absolute Gasteiger partial charge is 0.244 e. The van der Waals surface area contributed by atoms with Gasteiger partial charge in [-0.15, -0.1) is 0 Å². The normalized spacial score (nSPS) is 12.0. The molecule has 0 fully saturated rings. The van der Waals surface area contributed by atoms with Crippen LogP contribution in [0, 0.1) is 0 Å². The molecule has 0 radical (unpaired) electrons. The Morgan fingerprint density at radius 3 is 2.27 bits per heavy atom. The predicted molar refractivity (Wildman–Crippen MR) is 146 cm³/mol. The van der Waals surface area contributed by atoms with Crippen LogP contribution in [0.15, 0.2) is 36.4 Å². The highest BCUT2D eigenvalue weighted by Crippen LogP contribution is 2.34. The van der Waals surface area contributed by atoms with E-state index in [1.807, 2.05) is 6.92 Å². The number of halogens is 2. The Balaban J connectivity index is 2.53. The maximum absolute atomic E-state index is 13.8. The van der Waals surface area contributed by atoms with Gasteiger partial charge in [0.05, 0.1) is 36.2 Å². The molecule has 204 valence electrons. The van der Waals surface area contributed by atoms with E-state index in [1.165, 1.54) is 25.2 Å². The van der Waals surface area contributed by atoms with Crippen LogP contribution < -0.4 is 19.1 Å². The molecule has 9 nitrogen and oxygen atoms in total. The number of methoxy groups -OCH3 is 2. The van der Waals surface area contributed by atoms with Gasteiger partial charge in [0, 0.05) is 19.2 Å². The summed E-state index contributed by atoms with van der Waals surface area (Å²) in [6.45, 7) is 3.60. The molecule has 0 unspecified atom stereocenters. The summed E-state index contributed by atoms with van der Waals surface area (Å²) in [5.74, 6) is -0.291. The number of hydrogen-bond acceptors (Lipinski definition) is 6. The Labute approximate surface area is 228 Å². The molecule has 0 saturated heterocycles. The predicted octanol–water partition coefficient (Wildman–Crippen LogP) is 4.11. The molecule has 2 rings (SSSR count). The molecule has 0 bridgehead atoms. The number of hydrogen-bond donors (Lipinski definition) is 1. The van der Waals surface area contributed by atoms with Gasteiger partial charge in [0.15, 0.2) is 0 Å². The van der Waals surface area contributed by atoms with Crippen molar-refractivity contribution in [1.29, 1.82) is 0 Å². The largest absolute Gasteiger partial charge is 0.497 e. The fourth-order valence-corrected chi connectivity index (χ4v) is 4.87. The van der Waals surface area contributed by atoms with Crippen LogP contribution in [0.4, 0.5) is 5.69 Å². The summed E-state index contributed by atoms with van der Waals surface area (Å²) in [6.07, 6.45) is 2.03. The Morgan fingerprint density at radius 2 is 1.73 bits per heavy atom. The van der Waals surface area contributed by atoms with Gasteiger partial charge in [-0.25, -0.2) is 8.42 Å². The SMILES string of the molecule is CCCNC(=O)[C@H](CC)N(Cc1ccc(Cl)c(Cl)c1)C(=O)CN(c1cc(OC)ccc1OC)S(C)(=O)=O. The zero-order chi connectivity index (χ0) is 27.8. The first-order valence-corrected chi connectivity index (χ1v) is 14.3. The van der Waals surface area contributed by atoms with Crippen LogP contribution in [0.25, 0.3) is 0 Å². The monoisotopic (exact) mass is 573 g/mol. The van der Waals surface area contributed by atoms with E-state index in [0.29, 0.717) is 34.3 Å². The molecule has 0 aliphatic carbocycles. The third-order valence-electron chi connectivity index (χ3n) is 5.61. The number of carbonyl (C=O) groups excluding carboxylic acids is 2. The zero-order valence-corrected chi connectivity index (χ0v) is 23.9. The third-order valence-corrected chi connectivity index (χ3v) is 7.47. The number of anilines is 1. The van der Waals surface area contributed by atoms with Crippen LogP contribution >= 0.6 is 23.2 Å². The summed E-state index contributed by atoms with van der Waals surface area (Å²) in [4.78, 5) is 28.1. The number of sulfonamides is 1. The number of ether oxygens (including phenoxy) is 2. The van der Waals surface area contributed by atoms with Gasteiger partial charge in [0.2, 0.25) is 21.8 Å². The lowest BCUT2D eigenvalue weighted by atomic mass is 10.1. The fraction of sp³-hybridized carbons (Fsp3) is 0.440. The van der Waals surface area contributed by atoms with E-state index < -0.39 is 28.5 Å². The Hall–Kier alpha value is -2.69. The van der Waals surface area contributed by atoms with E-state index in [-0.39, 0.29) is 23.9 Å². The second-order valence-corrected chi connectivity index (χ2v) is 11.0. The third kappa shape index (κ3) is 8.15. The average Bonchev–Trinajstić information content (AvgIpc) is 2.86. The van der Waals surface area contributed by atoms with Crippen molar-refractivity contribution in [3.05, 3.63) is 52.0 Å². The van der Waals surface area contributed by atoms with E-state index in [1.54, 1.807) is 37.3 Å². The van der Waals surface area contributed by atoms with Crippen molar-refractivity contribution in [1.82, 2.24) is 10.2 Å². The first kappa shape index (κ1) is 30.5. The number of amides is 2. The molecule has 0 saturated carbocycles. The molecule has 2 aromatic carbocycles. The average molecular weight is 575 g/mol. The lowest BCUT2D eigenvalue weighted by molar-refractivity contribution is -0.140. The second kappa shape index (κ2) is 13.7. The first-order chi connectivity index (χ1) is 17.5. The molecule has 0 aliphatic heterocycles. The Morgan fingerprint density at radius 1 is 1.03 bits per heavy atom. The highest BCUT2D eigenvalue weighted by Gasteiger charge is 2.32. The van der Waals surface area contributed by atoms with Gasteiger partial charge in [-0.05, 0) is 42.7 Å². The Bertz CT molecular complexity index is 1210. The molecule has 0 aromatic heterocycles. The summed E-state index contributed by atoms with van der Waals surface area (Å²) in [5, 5.41) is 3.48. The summed E-state index contributed by atoms with van der Waals surface area (Å²) < 4.78 is 37.3. The molecule has 1 N–H and O–H groups in total. The number of carbonyl (C=O) groups is 2. The van der Waals surface area contributed by atoms with E-state index in [4.69, 9.17) is 32.7 Å². The highest BCUT2D eigenvalue weighted by atomic mass is 35.5. The van der Waals surface area contributed by atoms with Gasteiger partial charge in [-0.2, -0.15) is 0 Å².